The first-order chi connectivity index (χ1) is 16.8. The van der Waals surface area contributed by atoms with Crippen LogP contribution in [0.15, 0.2) is 12.2 Å². The van der Waals surface area contributed by atoms with Crippen LogP contribution in [0.2, 0.25) is 0 Å². The van der Waals surface area contributed by atoms with Crippen molar-refractivity contribution in [1.82, 2.24) is 0 Å². The lowest BCUT2D eigenvalue weighted by Gasteiger charge is -2.38. The average Bonchev–Trinajstić information content (AvgIpc) is 2.81. The quantitative estimate of drug-likeness (QED) is 0.0699. The summed E-state index contributed by atoms with van der Waals surface area (Å²) in [6.45, 7) is 3.69. The summed E-state index contributed by atoms with van der Waals surface area (Å²) in [5.74, 6) is -2.82. The first-order valence-corrected chi connectivity index (χ1v) is 14.0. The monoisotopic (exact) mass is 498 g/mol. The Morgan fingerprint density at radius 2 is 0.857 bits per heavy atom. The van der Waals surface area contributed by atoms with E-state index in [0.29, 0.717) is 6.54 Å². The topological polar surface area (TPSA) is 112 Å². The molecule has 0 saturated heterocycles. The van der Waals surface area contributed by atoms with Gasteiger partial charge in [-0.3, -0.25) is 14.4 Å². The molecule has 0 aliphatic rings. The summed E-state index contributed by atoms with van der Waals surface area (Å²) < 4.78 is 0.249. The highest BCUT2D eigenvalue weighted by atomic mass is 16.4. The van der Waals surface area contributed by atoms with Gasteiger partial charge in [-0.15, -0.1) is 0 Å². The molecule has 0 aromatic rings. The van der Waals surface area contributed by atoms with Gasteiger partial charge in [0.25, 0.3) is 0 Å². The van der Waals surface area contributed by atoms with Crippen molar-refractivity contribution in [2.24, 2.45) is 0 Å². The number of aliphatic carboxylic acids is 3. The summed E-state index contributed by atoms with van der Waals surface area (Å²) in [4.78, 5) is 33.3. The minimum Gasteiger partial charge on any atom is -0.481 e. The normalized spacial score (nSPS) is 11.8. The maximum Gasteiger partial charge on any atom is 0.309 e. The summed E-state index contributed by atoms with van der Waals surface area (Å²) in [5.41, 5.74) is 0. The summed E-state index contributed by atoms with van der Waals surface area (Å²) in [6, 6.07) is 0. The van der Waals surface area contributed by atoms with Crippen molar-refractivity contribution in [2.45, 2.75) is 122 Å². The van der Waals surface area contributed by atoms with E-state index in [1.54, 1.807) is 0 Å². The van der Waals surface area contributed by atoms with E-state index in [1.807, 2.05) is 0 Å². The molecule has 0 aromatic carbocycles. The highest BCUT2D eigenvalue weighted by Gasteiger charge is 2.29. The standard InChI is InChI=1S/C28H51NO6/c1-2-3-4-5-6-7-8-9-10-11-12-13-14-15-16-17-18-22-29(23-19-26(30)31,24-20-27(32)33)25-21-28(34)35/h13-14H,2-12,15-25H2,1H3,(H2-,30,31,32,33,34,35)/p+1/b14-13+. The Labute approximate surface area is 213 Å². The minimum absolute atomic E-state index is 0.0824. The van der Waals surface area contributed by atoms with E-state index in [2.05, 4.69) is 19.1 Å². The second-order valence-corrected chi connectivity index (χ2v) is 9.96. The fourth-order valence-electron chi connectivity index (χ4n) is 4.54. The van der Waals surface area contributed by atoms with Crippen molar-refractivity contribution in [3.8, 4) is 0 Å². The highest BCUT2D eigenvalue weighted by Crippen LogP contribution is 2.16. The van der Waals surface area contributed by atoms with Crippen molar-refractivity contribution < 1.29 is 34.2 Å². The summed E-state index contributed by atoms with van der Waals surface area (Å²) in [7, 11) is 0. The third-order valence-corrected chi connectivity index (χ3v) is 6.79. The van der Waals surface area contributed by atoms with Gasteiger partial charge in [0, 0.05) is 0 Å². The number of carboxylic acid groups (broad SMARTS) is 3. The molecule has 0 bridgehead atoms. The van der Waals surface area contributed by atoms with E-state index in [1.165, 1.54) is 64.2 Å². The zero-order valence-electron chi connectivity index (χ0n) is 22.2. The van der Waals surface area contributed by atoms with Crippen LogP contribution in [0.5, 0.6) is 0 Å². The lowest BCUT2D eigenvalue weighted by atomic mass is 10.1. The van der Waals surface area contributed by atoms with Crippen LogP contribution in [0.4, 0.5) is 0 Å². The number of rotatable bonds is 26. The SMILES string of the molecule is CCCCCCCCCCCC/C=C/CCCCC[N+](CCC(=O)O)(CCC(=O)O)CCC(=O)O. The van der Waals surface area contributed by atoms with E-state index in [4.69, 9.17) is 15.3 Å². The fraction of sp³-hybridized carbons (Fsp3) is 0.821. The van der Waals surface area contributed by atoms with Crippen LogP contribution < -0.4 is 0 Å². The van der Waals surface area contributed by atoms with Gasteiger partial charge in [0.15, 0.2) is 0 Å². The highest BCUT2D eigenvalue weighted by molar-refractivity contribution is 5.67. The maximum atomic E-state index is 11.1. The minimum atomic E-state index is -0.939. The number of carboxylic acids is 3. The molecular formula is C28H52NO6+. The third kappa shape index (κ3) is 22.3. The summed E-state index contributed by atoms with van der Waals surface area (Å²) >= 11 is 0. The summed E-state index contributed by atoms with van der Waals surface area (Å²) in [6.07, 6.45) is 22.8. The average molecular weight is 499 g/mol. The van der Waals surface area contributed by atoms with Gasteiger partial charge in [-0.25, -0.2) is 0 Å². The first-order valence-electron chi connectivity index (χ1n) is 14.0. The number of hydrogen-bond acceptors (Lipinski definition) is 3. The molecular weight excluding hydrogens is 446 g/mol. The summed E-state index contributed by atoms with van der Waals surface area (Å²) in [5, 5.41) is 27.3. The molecule has 0 aliphatic heterocycles. The predicted octanol–water partition coefficient (Wildman–Crippen LogP) is 6.65. The maximum absolute atomic E-state index is 11.1. The second-order valence-electron chi connectivity index (χ2n) is 9.96. The van der Waals surface area contributed by atoms with Gasteiger partial charge in [-0.05, 0) is 38.5 Å². The Morgan fingerprint density at radius 3 is 1.23 bits per heavy atom. The Balaban J connectivity index is 4.10. The van der Waals surface area contributed by atoms with Crippen LogP contribution in [0.25, 0.3) is 0 Å². The molecule has 0 fully saturated rings. The molecule has 0 amide bonds. The number of quaternary nitrogens is 1. The molecule has 0 rings (SSSR count). The molecule has 0 atom stereocenters. The number of allylic oxidation sites excluding steroid dienone is 2. The van der Waals surface area contributed by atoms with Gasteiger partial charge in [0.2, 0.25) is 0 Å². The third-order valence-electron chi connectivity index (χ3n) is 6.79. The Bertz CT molecular complexity index is 544. The van der Waals surface area contributed by atoms with Crippen LogP contribution in [-0.4, -0.2) is 63.9 Å². The van der Waals surface area contributed by atoms with Crippen LogP contribution in [0.1, 0.15) is 122 Å². The van der Waals surface area contributed by atoms with Crippen molar-refractivity contribution in [1.29, 1.82) is 0 Å². The van der Waals surface area contributed by atoms with Crippen LogP contribution >= 0.6 is 0 Å². The Morgan fingerprint density at radius 1 is 0.514 bits per heavy atom. The smallest absolute Gasteiger partial charge is 0.309 e. The molecule has 0 radical (unpaired) electrons. The van der Waals surface area contributed by atoms with Gasteiger partial charge >= 0.3 is 17.9 Å². The Hall–Kier alpha value is -1.89. The van der Waals surface area contributed by atoms with E-state index >= 15 is 0 Å². The zero-order valence-corrected chi connectivity index (χ0v) is 22.2. The molecule has 7 heteroatoms. The second kappa shape index (κ2) is 22.6. The van der Waals surface area contributed by atoms with Gasteiger partial charge in [0.1, 0.15) is 0 Å². The lowest BCUT2D eigenvalue weighted by molar-refractivity contribution is -0.927. The van der Waals surface area contributed by atoms with E-state index in [-0.39, 0.29) is 43.4 Å². The number of carbonyl (C=O) groups is 3. The van der Waals surface area contributed by atoms with Crippen molar-refractivity contribution in [3.63, 3.8) is 0 Å². The molecule has 0 unspecified atom stereocenters. The van der Waals surface area contributed by atoms with Crippen LogP contribution in [-0.2, 0) is 14.4 Å². The molecule has 0 spiro atoms. The zero-order chi connectivity index (χ0) is 26.2. The van der Waals surface area contributed by atoms with Crippen LogP contribution in [0.3, 0.4) is 0 Å². The lowest BCUT2D eigenvalue weighted by Crippen LogP contribution is -2.52. The molecule has 0 heterocycles. The molecule has 204 valence electrons. The molecule has 7 nitrogen and oxygen atoms in total. The van der Waals surface area contributed by atoms with Crippen molar-refractivity contribution >= 4 is 17.9 Å². The van der Waals surface area contributed by atoms with E-state index < -0.39 is 17.9 Å². The molecule has 35 heavy (non-hydrogen) atoms. The van der Waals surface area contributed by atoms with Crippen molar-refractivity contribution in [3.05, 3.63) is 12.2 Å². The van der Waals surface area contributed by atoms with E-state index in [9.17, 15) is 14.4 Å². The van der Waals surface area contributed by atoms with Gasteiger partial charge in [-0.1, -0.05) is 76.9 Å². The number of unbranched alkanes of at least 4 members (excludes halogenated alkanes) is 13. The first kappa shape index (κ1) is 33.1. The van der Waals surface area contributed by atoms with Crippen molar-refractivity contribution in [2.75, 3.05) is 26.2 Å². The van der Waals surface area contributed by atoms with Crippen LogP contribution in [0, 0.1) is 0 Å². The van der Waals surface area contributed by atoms with E-state index in [0.717, 1.165) is 32.1 Å². The molecule has 0 aromatic heterocycles. The molecule has 0 saturated carbocycles. The predicted molar refractivity (Wildman–Crippen MR) is 141 cm³/mol. The van der Waals surface area contributed by atoms with Gasteiger partial charge < -0.3 is 19.8 Å². The van der Waals surface area contributed by atoms with Gasteiger partial charge in [0.05, 0.1) is 45.4 Å². The van der Waals surface area contributed by atoms with Gasteiger partial charge in [-0.2, -0.15) is 0 Å². The number of hydrogen-bond donors (Lipinski definition) is 3. The fourth-order valence-corrected chi connectivity index (χ4v) is 4.54. The molecule has 3 N–H and O–H groups in total. The Kier molecular flexibility index (Phi) is 21.3. The largest absolute Gasteiger partial charge is 0.481 e. The molecule has 0 aliphatic carbocycles. The number of nitrogens with zero attached hydrogens (tertiary/aromatic N) is 1.